The van der Waals surface area contributed by atoms with Crippen LogP contribution in [0.4, 0.5) is 4.39 Å². The lowest BCUT2D eigenvalue weighted by molar-refractivity contribution is 0.304. The van der Waals surface area contributed by atoms with E-state index in [1.165, 1.54) is 12.1 Å². The van der Waals surface area contributed by atoms with Crippen molar-refractivity contribution in [1.29, 1.82) is 0 Å². The summed E-state index contributed by atoms with van der Waals surface area (Å²) >= 11 is 8.09. The van der Waals surface area contributed by atoms with Gasteiger partial charge < -0.3 is 10.5 Å². The topological polar surface area (TPSA) is 35.2 Å². The Balaban J connectivity index is 2.03. The number of hydrogen-bond acceptors (Lipinski definition) is 2. The molecule has 0 aliphatic rings. The van der Waals surface area contributed by atoms with Gasteiger partial charge in [-0.05, 0) is 17.7 Å². The highest BCUT2D eigenvalue weighted by Gasteiger charge is 2.01. The Bertz CT molecular complexity index is 581. The molecule has 0 spiro atoms. The van der Waals surface area contributed by atoms with Crippen molar-refractivity contribution in [2.24, 2.45) is 5.73 Å². The molecule has 0 amide bonds. The summed E-state index contributed by atoms with van der Waals surface area (Å²) in [5, 5.41) is 0. The van der Waals surface area contributed by atoms with Crippen LogP contribution in [0.3, 0.4) is 0 Å². The van der Waals surface area contributed by atoms with Crippen LogP contribution in [0.2, 0.25) is 0 Å². The summed E-state index contributed by atoms with van der Waals surface area (Å²) in [7, 11) is 0. The first kappa shape index (κ1) is 14.0. The zero-order valence-electron chi connectivity index (χ0n) is 9.90. The number of benzene rings is 2. The van der Waals surface area contributed by atoms with E-state index in [9.17, 15) is 4.39 Å². The minimum atomic E-state index is -0.340. The van der Waals surface area contributed by atoms with Gasteiger partial charge in [-0.2, -0.15) is 0 Å². The van der Waals surface area contributed by atoms with Crippen molar-refractivity contribution < 1.29 is 9.13 Å². The second kappa shape index (κ2) is 6.12. The fraction of sp³-hybridized carbons (Fsp3) is 0.0714. The Kier molecular flexibility index (Phi) is 4.50. The second-order valence-corrected chi connectivity index (χ2v) is 5.31. The second-order valence-electron chi connectivity index (χ2n) is 3.96. The highest BCUT2D eigenvalue weighted by atomic mass is 79.9. The molecule has 2 aromatic rings. The number of hydrogen-bond donors (Lipinski definition) is 1. The standard InChI is InChI=1S/C14H11BrFNOS/c15-11-5-12(16)7-13(6-11)18-8-9-1-3-10(4-2-9)14(17)19/h1-7H,8H2,(H2,17,19). The van der Waals surface area contributed by atoms with Gasteiger partial charge in [0.05, 0.1) is 0 Å². The van der Waals surface area contributed by atoms with Crippen molar-refractivity contribution in [3.63, 3.8) is 0 Å². The van der Waals surface area contributed by atoms with E-state index in [1.54, 1.807) is 6.07 Å². The van der Waals surface area contributed by atoms with Gasteiger partial charge in [-0.15, -0.1) is 0 Å². The molecule has 2 N–H and O–H groups in total. The zero-order valence-corrected chi connectivity index (χ0v) is 12.3. The Morgan fingerprint density at radius 3 is 2.47 bits per heavy atom. The first-order chi connectivity index (χ1) is 9.04. The van der Waals surface area contributed by atoms with Gasteiger partial charge >= 0.3 is 0 Å². The third-order valence-electron chi connectivity index (χ3n) is 2.48. The monoisotopic (exact) mass is 339 g/mol. The Labute approximate surface area is 124 Å². The molecular weight excluding hydrogens is 329 g/mol. The maximum atomic E-state index is 13.2. The van der Waals surface area contributed by atoms with E-state index < -0.39 is 0 Å². The minimum absolute atomic E-state index is 0.340. The molecule has 0 saturated heterocycles. The third kappa shape index (κ3) is 4.01. The summed E-state index contributed by atoms with van der Waals surface area (Å²) in [6.07, 6.45) is 0. The van der Waals surface area contributed by atoms with E-state index in [2.05, 4.69) is 15.9 Å². The number of thiocarbonyl (C=S) groups is 1. The minimum Gasteiger partial charge on any atom is -0.489 e. The molecular formula is C14H11BrFNOS. The number of ether oxygens (including phenoxy) is 1. The van der Waals surface area contributed by atoms with Crippen molar-refractivity contribution in [3.8, 4) is 5.75 Å². The summed E-state index contributed by atoms with van der Waals surface area (Å²) in [6, 6.07) is 11.9. The van der Waals surface area contributed by atoms with Gasteiger partial charge in [0.2, 0.25) is 0 Å². The van der Waals surface area contributed by atoms with Crippen LogP contribution < -0.4 is 10.5 Å². The SMILES string of the molecule is NC(=S)c1ccc(COc2cc(F)cc(Br)c2)cc1. The first-order valence-corrected chi connectivity index (χ1v) is 6.72. The molecule has 2 rings (SSSR count). The van der Waals surface area contributed by atoms with Gasteiger partial charge in [-0.3, -0.25) is 0 Å². The van der Waals surface area contributed by atoms with Crippen molar-refractivity contribution in [2.75, 3.05) is 0 Å². The highest BCUT2D eigenvalue weighted by molar-refractivity contribution is 9.10. The molecule has 2 aromatic carbocycles. The summed E-state index contributed by atoms with van der Waals surface area (Å²) in [5.74, 6) is 0.138. The average Bonchev–Trinajstić information content (AvgIpc) is 2.36. The predicted molar refractivity (Wildman–Crippen MR) is 80.8 cm³/mol. The Morgan fingerprint density at radius 1 is 1.21 bits per heavy atom. The molecule has 19 heavy (non-hydrogen) atoms. The van der Waals surface area contributed by atoms with E-state index in [4.69, 9.17) is 22.7 Å². The largest absolute Gasteiger partial charge is 0.489 e. The van der Waals surface area contributed by atoms with Crippen molar-refractivity contribution >= 4 is 33.1 Å². The first-order valence-electron chi connectivity index (χ1n) is 5.52. The van der Waals surface area contributed by atoms with Crippen molar-refractivity contribution in [1.82, 2.24) is 0 Å². The van der Waals surface area contributed by atoms with Crippen molar-refractivity contribution in [3.05, 3.63) is 63.9 Å². The van der Waals surface area contributed by atoms with Crippen LogP contribution in [0.15, 0.2) is 46.9 Å². The van der Waals surface area contributed by atoms with Crippen LogP contribution in [-0.4, -0.2) is 4.99 Å². The third-order valence-corrected chi connectivity index (χ3v) is 3.17. The lowest BCUT2D eigenvalue weighted by Crippen LogP contribution is -2.09. The lowest BCUT2D eigenvalue weighted by Gasteiger charge is -2.07. The van der Waals surface area contributed by atoms with Crippen LogP contribution in [-0.2, 0) is 6.61 Å². The molecule has 2 nitrogen and oxygen atoms in total. The van der Waals surface area contributed by atoms with E-state index in [1.807, 2.05) is 24.3 Å². The molecule has 0 unspecified atom stereocenters. The number of halogens is 2. The molecule has 0 radical (unpaired) electrons. The van der Waals surface area contributed by atoms with E-state index in [0.717, 1.165) is 11.1 Å². The summed E-state index contributed by atoms with van der Waals surface area (Å²) in [4.78, 5) is 0.363. The molecule has 0 aliphatic heterocycles. The molecule has 98 valence electrons. The Hall–Kier alpha value is -1.46. The van der Waals surface area contributed by atoms with E-state index >= 15 is 0 Å². The molecule has 0 aromatic heterocycles. The van der Waals surface area contributed by atoms with Gasteiger partial charge in [0, 0.05) is 16.1 Å². The van der Waals surface area contributed by atoms with Crippen LogP contribution in [0, 0.1) is 5.82 Å². The molecule has 0 bridgehead atoms. The van der Waals surface area contributed by atoms with Gasteiger partial charge in [-0.1, -0.05) is 52.4 Å². The normalized spacial score (nSPS) is 10.2. The highest BCUT2D eigenvalue weighted by Crippen LogP contribution is 2.21. The predicted octanol–water partition coefficient (Wildman–Crippen LogP) is 3.80. The molecule has 0 atom stereocenters. The van der Waals surface area contributed by atoms with E-state index in [0.29, 0.717) is 21.8 Å². The lowest BCUT2D eigenvalue weighted by atomic mass is 10.1. The van der Waals surface area contributed by atoms with Gasteiger partial charge in [0.15, 0.2) is 0 Å². The fourth-order valence-electron chi connectivity index (χ4n) is 1.54. The maximum Gasteiger partial charge on any atom is 0.128 e. The summed E-state index contributed by atoms with van der Waals surface area (Å²) in [6.45, 7) is 0.355. The molecule has 0 fully saturated rings. The van der Waals surface area contributed by atoms with Gasteiger partial charge in [0.25, 0.3) is 0 Å². The van der Waals surface area contributed by atoms with E-state index in [-0.39, 0.29) is 5.82 Å². The van der Waals surface area contributed by atoms with Crippen molar-refractivity contribution in [2.45, 2.75) is 6.61 Å². The summed E-state index contributed by atoms with van der Waals surface area (Å²) < 4.78 is 19.3. The smallest absolute Gasteiger partial charge is 0.128 e. The van der Waals surface area contributed by atoms with Crippen LogP contribution in [0.25, 0.3) is 0 Å². The van der Waals surface area contributed by atoms with Crippen LogP contribution >= 0.6 is 28.1 Å². The van der Waals surface area contributed by atoms with Gasteiger partial charge in [-0.25, -0.2) is 4.39 Å². The summed E-state index contributed by atoms with van der Waals surface area (Å²) in [5.41, 5.74) is 7.29. The number of rotatable bonds is 4. The maximum absolute atomic E-state index is 13.2. The van der Waals surface area contributed by atoms with Crippen LogP contribution in [0.1, 0.15) is 11.1 Å². The molecule has 0 saturated carbocycles. The molecule has 0 aliphatic carbocycles. The molecule has 5 heteroatoms. The molecule has 0 heterocycles. The zero-order chi connectivity index (χ0) is 13.8. The quantitative estimate of drug-likeness (QED) is 0.860. The fourth-order valence-corrected chi connectivity index (χ4v) is 2.12. The average molecular weight is 340 g/mol. The van der Waals surface area contributed by atoms with Crippen LogP contribution in [0.5, 0.6) is 5.75 Å². The number of nitrogens with two attached hydrogens (primary N) is 1. The van der Waals surface area contributed by atoms with Gasteiger partial charge in [0.1, 0.15) is 23.2 Å². The Morgan fingerprint density at radius 2 is 1.89 bits per heavy atom.